The monoisotopic (exact) mass is 402 g/mol. The first-order valence-electron chi connectivity index (χ1n) is 9.41. The van der Waals surface area contributed by atoms with Gasteiger partial charge in [-0.1, -0.05) is 30.3 Å². The minimum Gasteiger partial charge on any atom is -0.493 e. The number of hydrogen-bond donors (Lipinski definition) is 1. The van der Waals surface area contributed by atoms with Gasteiger partial charge in [0.15, 0.2) is 17.6 Å². The van der Waals surface area contributed by atoms with Gasteiger partial charge in [0.2, 0.25) is 0 Å². The summed E-state index contributed by atoms with van der Waals surface area (Å²) >= 11 is 0. The van der Waals surface area contributed by atoms with Crippen molar-refractivity contribution in [3.8, 4) is 23.3 Å². The molecule has 3 aromatic rings. The van der Waals surface area contributed by atoms with Gasteiger partial charge in [-0.25, -0.2) is 0 Å². The smallest absolute Gasteiger partial charge is 0.265 e. The zero-order valence-electron chi connectivity index (χ0n) is 16.8. The molecule has 0 saturated heterocycles. The second kappa shape index (κ2) is 9.99. The van der Waals surface area contributed by atoms with E-state index >= 15 is 0 Å². The highest BCUT2D eigenvalue weighted by molar-refractivity contribution is 5.94. The van der Waals surface area contributed by atoms with E-state index in [0.717, 1.165) is 5.56 Å². The number of ether oxygens (including phenoxy) is 3. The van der Waals surface area contributed by atoms with Gasteiger partial charge in [0.25, 0.3) is 5.91 Å². The second-order valence-corrected chi connectivity index (χ2v) is 6.53. The van der Waals surface area contributed by atoms with Gasteiger partial charge < -0.3 is 19.5 Å². The van der Waals surface area contributed by atoms with Crippen LogP contribution in [0.2, 0.25) is 0 Å². The average Bonchev–Trinajstić information content (AvgIpc) is 2.79. The maximum atomic E-state index is 12.5. The summed E-state index contributed by atoms with van der Waals surface area (Å²) in [5, 5.41) is 11.8. The standard InChI is InChI=1S/C24H22N2O4/c1-17(30-22-13-8-19(15-25)14-23(22)28-2)24(27)26-20-9-11-21(12-10-20)29-16-18-6-4-3-5-7-18/h3-14,17H,16H2,1-2H3,(H,26,27)/t17-/m1/s1. The number of amides is 1. The number of anilines is 1. The van der Waals surface area contributed by atoms with Crippen LogP contribution in [0, 0.1) is 11.3 Å². The molecule has 0 aliphatic heterocycles. The fourth-order valence-electron chi connectivity index (χ4n) is 2.70. The van der Waals surface area contributed by atoms with E-state index in [1.54, 1.807) is 49.4 Å². The topological polar surface area (TPSA) is 80.6 Å². The van der Waals surface area contributed by atoms with Crippen LogP contribution in [0.4, 0.5) is 5.69 Å². The van der Waals surface area contributed by atoms with Crippen LogP contribution < -0.4 is 19.5 Å². The molecule has 0 unspecified atom stereocenters. The zero-order chi connectivity index (χ0) is 21.3. The number of methoxy groups -OCH3 is 1. The molecule has 0 bridgehead atoms. The molecule has 0 fully saturated rings. The van der Waals surface area contributed by atoms with Crippen molar-refractivity contribution in [1.29, 1.82) is 5.26 Å². The predicted molar refractivity (Wildman–Crippen MR) is 114 cm³/mol. The summed E-state index contributed by atoms with van der Waals surface area (Å²) in [5.74, 6) is 1.19. The Morgan fingerprint density at radius 3 is 2.43 bits per heavy atom. The Morgan fingerprint density at radius 1 is 1.03 bits per heavy atom. The molecule has 0 aliphatic rings. The molecule has 1 amide bonds. The molecule has 0 heterocycles. The van der Waals surface area contributed by atoms with Crippen LogP contribution in [0.15, 0.2) is 72.8 Å². The van der Waals surface area contributed by atoms with Crippen molar-refractivity contribution in [2.45, 2.75) is 19.6 Å². The Balaban J connectivity index is 1.55. The van der Waals surface area contributed by atoms with Gasteiger partial charge in [0, 0.05) is 11.8 Å². The van der Waals surface area contributed by atoms with E-state index in [-0.39, 0.29) is 5.91 Å². The van der Waals surface area contributed by atoms with Gasteiger partial charge in [0.05, 0.1) is 18.7 Å². The predicted octanol–water partition coefficient (Wildman–Crippen LogP) is 4.55. The van der Waals surface area contributed by atoms with Crippen molar-refractivity contribution in [1.82, 2.24) is 0 Å². The zero-order valence-corrected chi connectivity index (χ0v) is 16.8. The number of rotatable bonds is 8. The van der Waals surface area contributed by atoms with Crippen LogP contribution in [0.25, 0.3) is 0 Å². The maximum absolute atomic E-state index is 12.5. The lowest BCUT2D eigenvalue weighted by Crippen LogP contribution is -2.30. The summed E-state index contributed by atoms with van der Waals surface area (Å²) in [7, 11) is 1.48. The van der Waals surface area contributed by atoms with E-state index in [2.05, 4.69) is 5.32 Å². The van der Waals surface area contributed by atoms with Gasteiger partial charge in [-0.3, -0.25) is 4.79 Å². The third-order valence-electron chi connectivity index (χ3n) is 4.34. The summed E-state index contributed by atoms with van der Waals surface area (Å²) in [5.41, 5.74) is 2.17. The number of nitriles is 1. The van der Waals surface area contributed by atoms with E-state index in [0.29, 0.717) is 35.1 Å². The molecule has 3 rings (SSSR count). The van der Waals surface area contributed by atoms with Crippen molar-refractivity contribution in [2.24, 2.45) is 0 Å². The second-order valence-electron chi connectivity index (χ2n) is 6.53. The van der Waals surface area contributed by atoms with Crippen LogP contribution >= 0.6 is 0 Å². The minimum absolute atomic E-state index is 0.306. The van der Waals surface area contributed by atoms with E-state index in [4.69, 9.17) is 19.5 Å². The summed E-state index contributed by atoms with van der Waals surface area (Å²) in [6, 6.07) is 23.9. The number of nitrogens with one attached hydrogen (secondary N) is 1. The first-order valence-corrected chi connectivity index (χ1v) is 9.41. The molecule has 6 nitrogen and oxygen atoms in total. The number of nitrogens with zero attached hydrogens (tertiary/aromatic N) is 1. The van der Waals surface area contributed by atoms with Crippen molar-refractivity contribution in [3.63, 3.8) is 0 Å². The summed E-state index contributed by atoms with van der Waals surface area (Å²) in [6.07, 6.45) is -0.763. The molecular weight excluding hydrogens is 380 g/mol. The largest absolute Gasteiger partial charge is 0.493 e. The highest BCUT2D eigenvalue weighted by Gasteiger charge is 2.17. The Morgan fingerprint density at radius 2 is 1.77 bits per heavy atom. The fraction of sp³-hybridized carbons (Fsp3) is 0.167. The normalized spacial score (nSPS) is 11.1. The Bertz CT molecular complexity index is 1030. The van der Waals surface area contributed by atoms with Crippen LogP contribution in [0.1, 0.15) is 18.1 Å². The minimum atomic E-state index is -0.763. The van der Waals surface area contributed by atoms with Crippen molar-refractivity contribution in [3.05, 3.63) is 83.9 Å². The van der Waals surface area contributed by atoms with Gasteiger partial charge in [0.1, 0.15) is 12.4 Å². The van der Waals surface area contributed by atoms with Crippen molar-refractivity contribution >= 4 is 11.6 Å². The molecule has 0 aliphatic carbocycles. The van der Waals surface area contributed by atoms with E-state index < -0.39 is 6.10 Å². The van der Waals surface area contributed by atoms with Crippen LogP contribution in [0.3, 0.4) is 0 Å². The molecule has 3 aromatic carbocycles. The van der Waals surface area contributed by atoms with Crippen molar-refractivity contribution < 1.29 is 19.0 Å². The van der Waals surface area contributed by atoms with E-state index in [1.807, 2.05) is 36.4 Å². The molecule has 0 spiro atoms. The lowest BCUT2D eigenvalue weighted by atomic mass is 10.2. The molecule has 0 aromatic heterocycles. The lowest BCUT2D eigenvalue weighted by Gasteiger charge is -2.17. The summed E-state index contributed by atoms with van der Waals surface area (Å²) in [6.45, 7) is 2.12. The van der Waals surface area contributed by atoms with Gasteiger partial charge in [-0.2, -0.15) is 5.26 Å². The van der Waals surface area contributed by atoms with Crippen LogP contribution in [-0.2, 0) is 11.4 Å². The first kappa shape index (κ1) is 20.7. The first-order chi connectivity index (χ1) is 14.6. The molecule has 6 heteroatoms. The third kappa shape index (κ3) is 5.52. The Labute approximate surface area is 175 Å². The average molecular weight is 402 g/mol. The number of carbonyl (C=O) groups is 1. The number of benzene rings is 3. The van der Waals surface area contributed by atoms with Crippen molar-refractivity contribution in [2.75, 3.05) is 12.4 Å². The molecule has 152 valence electrons. The summed E-state index contributed by atoms with van der Waals surface area (Å²) < 4.78 is 16.7. The molecule has 1 N–H and O–H groups in total. The van der Waals surface area contributed by atoms with Crippen LogP contribution in [-0.4, -0.2) is 19.1 Å². The Hall–Kier alpha value is -3.98. The Kier molecular flexibility index (Phi) is 6.91. The van der Waals surface area contributed by atoms with Gasteiger partial charge >= 0.3 is 0 Å². The van der Waals surface area contributed by atoms with Gasteiger partial charge in [-0.05, 0) is 48.9 Å². The highest BCUT2D eigenvalue weighted by Crippen LogP contribution is 2.29. The van der Waals surface area contributed by atoms with Crippen LogP contribution in [0.5, 0.6) is 17.2 Å². The highest BCUT2D eigenvalue weighted by atomic mass is 16.5. The van der Waals surface area contributed by atoms with Gasteiger partial charge in [-0.15, -0.1) is 0 Å². The number of hydrogen-bond acceptors (Lipinski definition) is 5. The quantitative estimate of drug-likeness (QED) is 0.598. The third-order valence-corrected chi connectivity index (χ3v) is 4.34. The molecule has 0 saturated carbocycles. The molecule has 0 radical (unpaired) electrons. The SMILES string of the molecule is COc1cc(C#N)ccc1O[C@H](C)C(=O)Nc1ccc(OCc2ccccc2)cc1. The summed E-state index contributed by atoms with van der Waals surface area (Å²) in [4.78, 5) is 12.5. The fourth-order valence-corrected chi connectivity index (χ4v) is 2.70. The molecule has 1 atom stereocenters. The molecule has 30 heavy (non-hydrogen) atoms. The van der Waals surface area contributed by atoms with E-state index in [9.17, 15) is 4.79 Å². The maximum Gasteiger partial charge on any atom is 0.265 e. The lowest BCUT2D eigenvalue weighted by molar-refractivity contribution is -0.122. The molecular formula is C24H22N2O4. The number of carbonyl (C=O) groups excluding carboxylic acids is 1. The van der Waals surface area contributed by atoms with E-state index in [1.165, 1.54) is 7.11 Å².